The first kappa shape index (κ1) is 14.6. The third kappa shape index (κ3) is 3.26. The Balaban J connectivity index is 0.00000196. The summed E-state index contributed by atoms with van der Waals surface area (Å²) in [6.07, 6.45) is 0.979. The molecular formula is C11H17Cl2NO. The summed E-state index contributed by atoms with van der Waals surface area (Å²) in [5, 5.41) is 10.1. The van der Waals surface area contributed by atoms with Crippen LogP contribution in [-0.4, -0.2) is 5.11 Å². The van der Waals surface area contributed by atoms with E-state index in [9.17, 15) is 5.11 Å². The predicted octanol–water partition coefficient (Wildman–Crippen LogP) is 3.51. The highest BCUT2D eigenvalue weighted by Gasteiger charge is 2.17. The molecule has 0 aliphatic heterocycles. The summed E-state index contributed by atoms with van der Waals surface area (Å²) in [7, 11) is 0. The lowest BCUT2D eigenvalue weighted by Crippen LogP contribution is -2.18. The van der Waals surface area contributed by atoms with E-state index in [1.54, 1.807) is 12.1 Å². The van der Waals surface area contributed by atoms with E-state index in [-0.39, 0.29) is 24.2 Å². The van der Waals surface area contributed by atoms with Gasteiger partial charge >= 0.3 is 0 Å². The van der Waals surface area contributed by atoms with Gasteiger partial charge in [-0.2, -0.15) is 0 Å². The summed E-state index contributed by atoms with van der Waals surface area (Å²) in [6, 6.07) is 5.13. The molecule has 0 aromatic heterocycles. The van der Waals surface area contributed by atoms with Crippen molar-refractivity contribution in [3.63, 3.8) is 0 Å². The van der Waals surface area contributed by atoms with Crippen LogP contribution in [-0.2, 0) is 0 Å². The molecule has 0 aliphatic carbocycles. The second-order valence-electron chi connectivity index (χ2n) is 3.59. The van der Waals surface area contributed by atoms with E-state index in [1.807, 2.05) is 6.07 Å². The number of halogens is 2. The molecule has 0 saturated heterocycles. The molecule has 0 amide bonds. The van der Waals surface area contributed by atoms with E-state index < -0.39 is 0 Å². The second kappa shape index (κ2) is 6.21. The fourth-order valence-electron chi connectivity index (χ4n) is 1.36. The Hall–Kier alpha value is -0.440. The van der Waals surface area contributed by atoms with Gasteiger partial charge in [0.2, 0.25) is 0 Å². The van der Waals surface area contributed by atoms with Gasteiger partial charge in [-0.15, -0.1) is 12.4 Å². The molecule has 86 valence electrons. The fourth-order valence-corrected chi connectivity index (χ4v) is 1.54. The number of phenols is 1. The van der Waals surface area contributed by atoms with Gasteiger partial charge in [-0.1, -0.05) is 44.0 Å². The molecule has 2 nitrogen and oxygen atoms in total. The minimum Gasteiger partial charge on any atom is -0.506 e. The summed E-state index contributed by atoms with van der Waals surface area (Å²) in [6.45, 7) is 4.14. The normalized spacial score (nSPS) is 14.1. The number of para-hydroxylation sites is 1. The van der Waals surface area contributed by atoms with Crippen molar-refractivity contribution in [1.82, 2.24) is 0 Å². The molecule has 1 aromatic carbocycles. The summed E-state index contributed by atoms with van der Waals surface area (Å²) in [4.78, 5) is 0. The lowest BCUT2D eigenvalue weighted by Gasteiger charge is -2.19. The molecule has 0 fully saturated rings. The van der Waals surface area contributed by atoms with Crippen LogP contribution in [0.1, 0.15) is 31.9 Å². The van der Waals surface area contributed by atoms with Crippen LogP contribution in [0.4, 0.5) is 0 Å². The third-order valence-corrected chi connectivity index (χ3v) is 2.94. The van der Waals surface area contributed by atoms with Crippen LogP contribution >= 0.6 is 24.0 Å². The zero-order valence-corrected chi connectivity index (χ0v) is 10.5. The van der Waals surface area contributed by atoms with Crippen molar-refractivity contribution in [2.45, 2.75) is 26.3 Å². The van der Waals surface area contributed by atoms with E-state index in [2.05, 4.69) is 13.8 Å². The van der Waals surface area contributed by atoms with Crippen molar-refractivity contribution in [3.8, 4) is 5.75 Å². The number of rotatable bonds is 3. The molecule has 0 heterocycles. The van der Waals surface area contributed by atoms with Gasteiger partial charge in [0.15, 0.2) is 0 Å². The zero-order chi connectivity index (χ0) is 10.7. The molecule has 1 aromatic rings. The number of hydrogen-bond acceptors (Lipinski definition) is 2. The SMILES string of the molecule is CCC(C)[C@@H](N)c1cccc(Cl)c1O.Cl. The lowest BCUT2D eigenvalue weighted by molar-refractivity contribution is 0.419. The van der Waals surface area contributed by atoms with Crippen molar-refractivity contribution in [2.24, 2.45) is 11.7 Å². The topological polar surface area (TPSA) is 46.2 Å². The largest absolute Gasteiger partial charge is 0.506 e. The van der Waals surface area contributed by atoms with E-state index >= 15 is 0 Å². The average Bonchev–Trinajstić information content (AvgIpc) is 2.20. The number of nitrogens with two attached hydrogens (primary N) is 1. The molecule has 3 N–H and O–H groups in total. The van der Waals surface area contributed by atoms with Crippen LogP contribution in [0.15, 0.2) is 18.2 Å². The van der Waals surface area contributed by atoms with Gasteiger partial charge in [0.25, 0.3) is 0 Å². The van der Waals surface area contributed by atoms with Gasteiger partial charge in [0.05, 0.1) is 5.02 Å². The minimum atomic E-state index is -0.154. The fraction of sp³-hybridized carbons (Fsp3) is 0.455. The van der Waals surface area contributed by atoms with Crippen LogP contribution in [0.2, 0.25) is 5.02 Å². The highest BCUT2D eigenvalue weighted by Crippen LogP contribution is 2.33. The van der Waals surface area contributed by atoms with Gasteiger partial charge in [-0.05, 0) is 12.0 Å². The summed E-state index contributed by atoms with van der Waals surface area (Å²) in [5.74, 6) is 0.446. The van der Waals surface area contributed by atoms with Crippen molar-refractivity contribution in [2.75, 3.05) is 0 Å². The van der Waals surface area contributed by atoms with E-state index in [0.717, 1.165) is 12.0 Å². The molecular weight excluding hydrogens is 233 g/mol. The predicted molar refractivity (Wildman–Crippen MR) is 66.7 cm³/mol. The monoisotopic (exact) mass is 249 g/mol. The maximum atomic E-state index is 9.70. The van der Waals surface area contributed by atoms with E-state index in [4.69, 9.17) is 17.3 Å². The Bertz CT molecular complexity index is 317. The van der Waals surface area contributed by atoms with Gasteiger partial charge in [-0.25, -0.2) is 0 Å². The number of hydrogen-bond donors (Lipinski definition) is 2. The van der Waals surface area contributed by atoms with Crippen LogP contribution in [0.3, 0.4) is 0 Å². The second-order valence-corrected chi connectivity index (χ2v) is 4.00. The zero-order valence-electron chi connectivity index (χ0n) is 8.90. The third-order valence-electron chi connectivity index (χ3n) is 2.63. The molecule has 0 spiro atoms. The van der Waals surface area contributed by atoms with Crippen molar-refractivity contribution in [1.29, 1.82) is 0 Å². The van der Waals surface area contributed by atoms with Gasteiger partial charge in [0, 0.05) is 11.6 Å². The quantitative estimate of drug-likeness (QED) is 0.862. The molecule has 1 rings (SSSR count). The highest BCUT2D eigenvalue weighted by atomic mass is 35.5. The summed E-state index contributed by atoms with van der Waals surface area (Å²) >= 11 is 5.80. The van der Waals surface area contributed by atoms with Gasteiger partial charge < -0.3 is 10.8 Å². The number of phenolic OH excluding ortho intramolecular Hbond substituents is 1. The molecule has 0 aliphatic rings. The molecule has 0 radical (unpaired) electrons. The van der Waals surface area contributed by atoms with Crippen molar-refractivity contribution in [3.05, 3.63) is 28.8 Å². The Morgan fingerprint density at radius 3 is 2.60 bits per heavy atom. The van der Waals surface area contributed by atoms with Crippen molar-refractivity contribution < 1.29 is 5.11 Å². The Labute approximate surface area is 102 Å². The molecule has 15 heavy (non-hydrogen) atoms. The number of benzene rings is 1. The Kier molecular flexibility index (Phi) is 6.03. The van der Waals surface area contributed by atoms with Crippen LogP contribution < -0.4 is 5.73 Å². The summed E-state index contributed by atoms with van der Waals surface area (Å²) in [5.41, 5.74) is 6.73. The maximum Gasteiger partial charge on any atom is 0.138 e. The standard InChI is InChI=1S/C11H16ClNO.ClH/c1-3-7(2)10(13)8-5-4-6-9(12)11(8)14;/h4-7,10,14H,3,13H2,1-2H3;1H/t7?,10-;/m1./s1. The van der Waals surface area contributed by atoms with Gasteiger partial charge in [0.1, 0.15) is 5.75 Å². The van der Waals surface area contributed by atoms with Gasteiger partial charge in [-0.3, -0.25) is 0 Å². The van der Waals surface area contributed by atoms with Crippen molar-refractivity contribution >= 4 is 24.0 Å². The maximum absolute atomic E-state index is 9.70. The first-order valence-corrected chi connectivity index (χ1v) is 5.18. The number of aromatic hydroxyl groups is 1. The first-order chi connectivity index (χ1) is 6.57. The van der Waals surface area contributed by atoms with E-state index in [0.29, 0.717) is 10.9 Å². The highest BCUT2D eigenvalue weighted by molar-refractivity contribution is 6.32. The average molecular weight is 250 g/mol. The summed E-state index contributed by atoms with van der Waals surface area (Å²) < 4.78 is 0. The van der Waals surface area contributed by atoms with Crippen LogP contribution in [0, 0.1) is 5.92 Å². The minimum absolute atomic E-state index is 0. The molecule has 1 unspecified atom stereocenters. The smallest absolute Gasteiger partial charge is 0.138 e. The molecule has 4 heteroatoms. The molecule has 2 atom stereocenters. The molecule has 0 bridgehead atoms. The molecule has 0 saturated carbocycles. The van der Waals surface area contributed by atoms with Crippen LogP contribution in [0.25, 0.3) is 0 Å². The first-order valence-electron chi connectivity index (χ1n) is 4.80. The Morgan fingerprint density at radius 1 is 1.47 bits per heavy atom. The van der Waals surface area contributed by atoms with E-state index in [1.165, 1.54) is 0 Å². The Morgan fingerprint density at radius 2 is 2.07 bits per heavy atom. The lowest BCUT2D eigenvalue weighted by atomic mass is 9.93. The van der Waals surface area contributed by atoms with Crippen LogP contribution in [0.5, 0.6) is 5.75 Å².